The summed E-state index contributed by atoms with van der Waals surface area (Å²) in [4.78, 5) is 10.6. The molecule has 2 rings (SSSR count). The average Bonchev–Trinajstić information content (AvgIpc) is 2.40. The highest BCUT2D eigenvalue weighted by atomic mass is 35.5. The highest BCUT2D eigenvalue weighted by Gasteiger charge is 2.04. The molecule has 0 bridgehead atoms. The van der Waals surface area contributed by atoms with Gasteiger partial charge in [-0.05, 0) is 35.4 Å². The van der Waals surface area contributed by atoms with E-state index < -0.39 is 11.8 Å². The Kier molecular flexibility index (Phi) is 4.58. The summed E-state index contributed by atoms with van der Waals surface area (Å²) < 4.78 is 18.8. The Labute approximate surface area is 120 Å². The average molecular weight is 295 g/mol. The van der Waals surface area contributed by atoms with Crippen LogP contribution in [-0.4, -0.2) is 11.1 Å². The van der Waals surface area contributed by atoms with Gasteiger partial charge in [0.2, 0.25) is 0 Å². The van der Waals surface area contributed by atoms with E-state index in [0.29, 0.717) is 16.9 Å². The van der Waals surface area contributed by atoms with E-state index in [2.05, 4.69) is 0 Å². The molecular formula is C15H12ClFO3. The lowest BCUT2D eigenvalue weighted by Crippen LogP contribution is -2.01. The first-order valence-electron chi connectivity index (χ1n) is 5.92. The van der Waals surface area contributed by atoms with Crippen molar-refractivity contribution in [3.8, 4) is 5.75 Å². The molecule has 1 N–H and O–H groups in total. The number of halogens is 2. The Morgan fingerprint density at radius 3 is 2.70 bits per heavy atom. The molecule has 0 aliphatic heterocycles. The summed E-state index contributed by atoms with van der Waals surface area (Å²) >= 11 is 5.60. The number of carboxylic acids is 1. The van der Waals surface area contributed by atoms with Crippen molar-refractivity contribution in [2.45, 2.75) is 13.0 Å². The van der Waals surface area contributed by atoms with Gasteiger partial charge in [-0.1, -0.05) is 29.8 Å². The maximum Gasteiger partial charge on any atom is 0.307 e. The standard InChI is InChI=1S/C15H12ClFO3/c16-13-5-4-11(7-14(13)17)9-20-12-3-1-2-10(6-12)8-15(18)19/h1-7H,8-9H2,(H,18,19). The molecule has 2 aromatic rings. The predicted octanol–water partition coefficient (Wildman–Crippen LogP) is 3.69. The van der Waals surface area contributed by atoms with Crippen molar-refractivity contribution < 1.29 is 19.0 Å². The molecule has 0 radical (unpaired) electrons. The molecule has 3 nitrogen and oxygen atoms in total. The van der Waals surface area contributed by atoms with Crippen LogP contribution in [0.15, 0.2) is 42.5 Å². The van der Waals surface area contributed by atoms with E-state index in [0.717, 1.165) is 0 Å². The van der Waals surface area contributed by atoms with Crippen molar-refractivity contribution in [2.75, 3.05) is 0 Å². The Balaban J connectivity index is 2.03. The lowest BCUT2D eigenvalue weighted by molar-refractivity contribution is -0.136. The molecular weight excluding hydrogens is 283 g/mol. The number of hydrogen-bond donors (Lipinski definition) is 1. The molecule has 0 fully saturated rings. The van der Waals surface area contributed by atoms with E-state index in [1.807, 2.05) is 0 Å². The molecule has 0 amide bonds. The van der Waals surface area contributed by atoms with Crippen molar-refractivity contribution in [1.82, 2.24) is 0 Å². The van der Waals surface area contributed by atoms with Crippen molar-refractivity contribution in [2.24, 2.45) is 0 Å². The van der Waals surface area contributed by atoms with Gasteiger partial charge in [0, 0.05) is 0 Å². The minimum Gasteiger partial charge on any atom is -0.489 e. The largest absolute Gasteiger partial charge is 0.489 e. The number of aliphatic carboxylic acids is 1. The number of carbonyl (C=O) groups is 1. The van der Waals surface area contributed by atoms with E-state index in [4.69, 9.17) is 21.4 Å². The quantitative estimate of drug-likeness (QED) is 0.915. The van der Waals surface area contributed by atoms with Gasteiger partial charge in [0.1, 0.15) is 18.2 Å². The summed E-state index contributed by atoms with van der Waals surface area (Å²) in [5.74, 6) is -0.853. The molecule has 0 unspecified atom stereocenters. The van der Waals surface area contributed by atoms with Gasteiger partial charge in [-0.2, -0.15) is 0 Å². The number of benzene rings is 2. The van der Waals surface area contributed by atoms with E-state index in [9.17, 15) is 9.18 Å². The zero-order valence-electron chi connectivity index (χ0n) is 10.5. The molecule has 2 aromatic carbocycles. The van der Waals surface area contributed by atoms with Crippen LogP contribution in [0.3, 0.4) is 0 Å². The molecule has 0 heterocycles. The topological polar surface area (TPSA) is 46.5 Å². The molecule has 5 heteroatoms. The van der Waals surface area contributed by atoms with E-state index in [1.54, 1.807) is 30.3 Å². The second-order valence-electron chi connectivity index (χ2n) is 4.26. The first-order valence-corrected chi connectivity index (χ1v) is 6.30. The zero-order valence-corrected chi connectivity index (χ0v) is 11.2. The predicted molar refractivity (Wildman–Crippen MR) is 73.5 cm³/mol. The van der Waals surface area contributed by atoms with E-state index >= 15 is 0 Å². The van der Waals surface area contributed by atoms with Gasteiger partial charge >= 0.3 is 5.97 Å². The number of rotatable bonds is 5. The smallest absolute Gasteiger partial charge is 0.307 e. The van der Waals surface area contributed by atoms with E-state index in [-0.39, 0.29) is 18.1 Å². The molecule has 0 aromatic heterocycles. The summed E-state index contributed by atoms with van der Waals surface area (Å²) in [7, 11) is 0. The summed E-state index contributed by atoms with van der Waals surface area (Å²) in [6, 6.07) is 11.3. The van der Waals surface area contributed by atoms with Gasteiger partial charge in [-0.25, -0.2) is 4.39 Å². The Hall–Kier alpha value is -2.07. The van der Waals surface area contributed by atoms with Gasteiger partial charge in [0.15, 0.2) is 0 Å². The third kappa shape index (κ3) is 3.96. The molecule has 0 spiro atoms. The lowest BCUT2D eigenvalue weighted by Gasteiger charge is -2.08. The van der Waals surface area contributed by atoms with Gasteiger partial charge in [-0.3, -0.25) is 4.79 Å². The Morgan fingerprint density at radius 2 is 2.00 bits per heavy atom. The van der Waals surface area contributed by atoms with Crippen LogP contribution in [0.5, 0.6) is 5.75 Å². The second-order valence-corrected chi connectivity index (χ2v) is 4.66. The second kappa shape index (κ2) is 6.39. The highest BCUT2D eigenvalue weighted by Crippen LogP contribution is 2.19. The third-order valence-electron chi connectivity index (χ3n) is 2.64. The maximum atomic E-state index is 13.3. The maximum absolute atomic E-state index is 13.3. The fourth-order valence-corrected chi connectivity index (χ4v) is 1.83. The number of carboxylic acid groups (broad SMARTS) is 1. The first-order chi connectivity index (χ1) is 9.54. The molecule has 20 heavy (non-hydrogen) atoms. The molecule has 0 aliphatic rings. The van der Waals surface area contributed by atoms with Gasteiger partial charge < -0.3 is 9.84 Å². The molecule has 0 atom stereocenters. The van der Waals surface area contributed by atoms with Crippen molar-refractivity contribution in [3.63, 3.8) is 0 Å². The van der Waals surface area contributed by atoms with Crippen LogP contribution in [0.1, 0.15) is 11.1 Å². The van der Waals surface area contributed by atoms with Crippen LogP contribution in [0.2, 0.25) is 5.02 Å². The van der Waals surface area contributed by atoms with Crippen LogP contribution >= 0.6 is 11.6 Å². The van der Waals surface area contributed by atoms with Crippen LogP contribution in [0.4, 0.5) is 4.39 Å². The van der Waals surface area contributed by atoms with Gasteiger partial charge in [0.25, 0.3) is 0 Å². The molecule has 104 valence electrons. The van der Waals surface area contributed by atoms with Crippen molar-refractivity contribution >= 4 is 17.6 Å². The molecule has 0 saturated heterocycles. The molecule has 0 aliphatic carbocycles. The summed E-state index contributed by atoms with van der Waals surface area (Å²) in [5, 5.41) is 8.79. The van der Waals surface area contributed by atoms with Gasteiger partial charge in [-0.15, -0.1) is 0 Å². The number of hydrogen-bond acceptors (Lipinski definition) is 2. The minimum absolute atomic E-state index is 0.0627. The van der Waals surface area contributed by atoms with Crippen molar-refractivity contribution in [1.29, 1.82) is 0 Å². The summed E-state index contributed by atoms with van der Waals surface area (Å²) in [6.45, 7) is 0.185. The van der Waals surface area contributed by atoms with E-state index in [1.165, 1.54) is 12.1 Å². The fourth-order valence-electron chi connectivity index (χ4n) is 1.72. The van der Waals surface area contributed by atoms with Crippen LogP contribution in [0, 0.1) is 5.82 Å². The Morgan fingerprint density at radius 1 is 1.20 bits per heavy atom. The SMILES string of the molecule is O=C(O)Cc1cccc(OCc2ccc(Cl)c(F)c2)c1. The number of ether oxygens (including phenoxy) is 1. The van der Waals surface area contributed by atoms with Crippen LogP contribution < -0.4 is 4.74 Å². The summed E-state index contributed by atoms with van der Waals surface area (Å²) in [6.07, 6.45) is -0.0627. The normalized spacial score (nSPS) is 10.3. The summed E-state index contributed by atoms with van der Waals surface area (Å²) in [5.41, 5.74) is 1.30. The molecule has 0 saturated carbocycles. The lowest BCUT2D eigenvalue weighted by atomic mass is 10.1. The first kappa shape index (κ1) is 14.3. The zero-order chi connectivity index (χ0) is 14.5. The highest BCUT2D eigenvalue weighted by molar-refractivity contribution is 6.30. The minimum atomic E-state index is -0.901. The van der Waals surface area contributed by atoms with Crippen LogP contribution in [-0.2, 0) is 17.8 Å². The third-order valence-corrected chi connectivity index (χ3v) is 2.95. The van der Waals surface area contributed by atoms with Crippen LogP contribution in [0.25, 0.3) is 0 Å². The monoisotopic (exact) mass is 294 g/mol. The Bertz CT molecular complexity index is 628. The fraction of sp³-hybridized carbons (Fsp3) is 0.133. The van der Waals surface area contributed by atoms with Crippen molar-refractivity contribution in [3.05, 3.63) is 64.4 Å². The van der Waals surface area contributed by atoms with Gasteiger partial charge in [0.05, 0.1) is 11.4 Å².